The highest BCUT2D eigenvalue weighted by molar-refractivity contribution is 7.99. The summed E-state index contributed by atoms with van der Waals surface area (Å²) in [5.74, 6) is 2.89. The minimum Gasteiger partial charge on any atom is -0.298 e. The second-order valence-corrected chi connectivity index (χ2v) is 5.31. The highest BCUT2D eigenvalue weighted by Crippen LogP contribution is 2.26. The first-order valence-electron chi connectivity index (χ1n) is 5.95. The lowest BCUT2D eigenvalue weighted by atomic mass is 10.0. The fourth-order valence-corrected chi connectivity index (χ4v) is 2.98. The van der Waals surface area contributed by atoms with Crippen molar-refractivity contribution in [2.45, 2.75) is 51.9 Å². The summed E-state index contributed by atoms with van der Waals surface area (Å²) in [6.45, 7) is 2.22. The lowest BCUT2D eigenvalue weighted by Gasteiger charge is -2.06. The molecule has 1 aliphatic carbocycles. The smallest absolute Gasteiger partial charge is 0.145 e. The van der Waals surface area contributed by atoms with Crippen LogP contribution < -0.4 is 0 Å². The van der Waals surface area contributed by atoms with Crippen LogP contribution in [0.3, 0.4) is 0 Å². The van der Waals surface area contributed by atoms with Crippen LogP contribution in [0.5, 0.6) is 0 Å². The van der Waals surface area contributed by atoms with Crippen LogP contribution in [0.25, 0.3) is 0 Å². The van der Waals surface area contributed by atoms with Gasteiger partial charge < -0.3 is 0 Å². The van der Waals surface area contributed by atoms with E-state index in [9.17, 15) is 4.79 Å². The first-order valence-corrected chi connectivity index (χ1v) is 7.10. The molecule has 0 N–H and O–H groups in total. The van der Waals surface area contributed by atoms with Gasteiger partial charge in [-0.05, 0) is 25.0 Å². The second kappa shape index (κ2) is 7.33. The number of carbonyl (C=O) groups is 1. The molecule has 0 bridgehead atoms. The lowest BCUT2D eigenvalue weighted by molar-refractivity contribution is -0.120. The van der Waals surface area contributed by atoms with Crippen molar-refractivity contribution < 1.29 is 4.79 Å². The first kappa shape index (κ1) is 12.1. The van der Waals surface area contributed by atoms with Crippen LogP contribution in [0.4, 0.5) is 0 Å². The van der Waals surface area contributed by atoms with E-state index >= 15 is 0 Å². The van der Waals surface area contributed by atoms with Gasteiger partial charge in [0.05, 0.1) is 5.75 Å². The van der Waals surface area contributed by atoms with Gasteiger partial charge in [-0.1, -0.05) is 32.6 Å². The largest absolute Gasteiger partial charge is 0.298 e. The predicted octanol–water partition coefficient (Wildman–Crippen LogP) is 3.67. The molecule has 0 aromatic rings. The number of unbranched alkanes of at least 4 members (excludes halogenated alkanes) is 2. The van der Waals surface area contributed by atoms with Gasteiger partial charge >= 0.3 is 0 Å². The van der Waals surface area contributed by atoms with Crippen LogP contribution in [0, 0.1) is 5.92 Å². The third-order valence-corrected chi connectivity index (χ3v) is 4.01. The van der Waals surface area contributed by atoms with Gasteiger partial charge in [0.25, 0.3) is 0 Å². The summed E-state index contributed by atoms with van der Waals surface area (Å²) in [6, 6.07) is 0. The van der Waals surface area contributed by atoms with Crippen LogP contribution in [0.1, 0.15) is 51.9 Å². The van der Waals surface area contributed by atoms with E-state index < -0.39 is 0 Å². The summed E-state index contributed by atoms with van der Waals surface area (Å²) in [7, 11) is 0. The summed E-state index contributed by atoms with van der Waals surface area (Å²) in [6.07, 6.45) is 8.73. The molecule has 0 radical (unpaired) electrons. The summed E-state index contributed by atoms with van der Waals surface area (Å²) < 4.78 is 0. The molecule has 0 aromatic carbocycles. The number of hydrogen-bond acceptors (Lipinski definition) is 2. The third kappa shape index (κ3) is 4.50. The average Bonchev–Trinajstić information content (AvgIpc) is 2.70. The third-order valence-electron chi connectivity index (χ3n) is 2.95. The molecular weight excluding hydrogens is 192 g/mol. The Balaban J connectivity index is 1.97. The molecule has 0 amide bonds. The van der Waals surface area contributed by atoms with E-state index in [1.54, 1.807) is 0 Å². The van der Waals surface area contributed by atoms with Crippen molar-refractivity contribution in [2.24, 2.45) is 5.92 Å². The van der Waals surface area contributed by atoms with E-state index in [0.29, 0.717) is 11.7 Å². The van der Waals surface area contributed by atoms with Gasteiger partial charge in [0.2, 0.25) is 0 Å². The quantitative estimate of drug-likeness (QED) is 0.601. The number of hydrogen-bond donors (Lipinski definition) is 0. The SMILES string of the molecule is CCCCCSCC(=O)C1CCCC1. The minimum absolute atomic E-state index is 0.425. The van der Waals surface area contributed by atoms with Crippen molar-refractivity contribution >= 4 is 17.5 Å². The Morgan fingerprint density at radius 2 is 2.00 bits per heavy atom. The number of thioether (sulfide) groups is 1. The van der Waals surface area contributed by atoms with Gasteiger partial charge in [-0.15, -0.1) is 0 Å². The zero-order valence-electron chi connectivity index (χ0n) is 9.26. The number of rotatable bonds is 7. The van der Waals surface area contributed by atoms with Gasteiger partial charge in [0, 0.05) is 5.92 Å². The Kier molecular flexibility index (Phi) is 6.33. The topological polar surface area (TPSA) is 17.1 Å². The second-order valence-electron chi connectivity index (χ2n) is 4.21. The molecule has 0 spiro atoms. The Hall–Kier alpha value is 0.0200. The van der Waals surface area contributed by atoms with Crippen LogP contribution in [-0.4, -0.2) is 17.3 Å². The van der Waals surface area contributed by atoms with Crippen molar-refractivity contribution in [1.82, 2.24) is 0 Å². The summed E-state index contributed by atoms with van der Waals surface area (Å²) in [4.78, 5) is 11.7. The van der Waals surface area contributed by atoms with Crippen molar-refractivity contribution in [1.29, 1.82) is 0 Å². The molecule has 1 rings (SSSR count). The zero-order valence-corrected chi connectivity index (χ0v) is 10.1. The maximum atomic E-state index is 11.7. The molecule has 1 aliphatic rings. The Labute approximate surface area is 92.0 Å². The van der Waals surface area contributed by atoms with E-state index in [1.165, 1.54) is 37.9 Å². The molecule has 1 nitrogen and oxygen atoms in total. The van der Waals surface area contributed by atoms with Crippen molar-refractivity contribution in [3.05, 3.63) is 0 Å². The summed E-state index contributed by atoms with van der Waals surface area (Å²) in [5, 5.41) is 0. The molecule has 0 aromatic heterocycles. The molecule has 14 heavy (non-hydrogen) atoms. The van der Waals surface area contributed by atoms with E-state index in [4.69, 9.17) is 0 Å². The molecular formula is C12H22OS. The van der Waals surface area contributed by atoms with Crippen LogP contribution >= 0.6 is 11.8 Å². The average molecular weight is 214 g/mol. The molecule has 2 heteroatoms. The standard InChI is InChI=1S/C12H22OS/c1-2-3-6-9-14-10-12(13)11-7-4-5-8-11/h11H,2-10H2,1H3. The molecule has 0 aliphatic heterocycles. The van der Waals surface area contributed by atoms with Crippen molar-refractivity contribution in [3.8, 4) is 0 Å². The molecule has 1 fully saturated rings. The fraction of sp³-hybridized carbons (Fsp3) is 0.917. The fourth-order valence-electron chi connectivity index (χ4n) is 1.99. The number of ketones is 1. The van der Waals surface area contributed by atoms with Crippen LogP contribution in [0.15, 0.2) is 0 Å². The van der Waals surface area contributed by atoms with Crippen molar-refractivity contribution in [2.75, 3.05) is 11.5 Å². The van der Waals surface area contributed by atoms with Crippen molar-refractivity contribution in [3.63, 3.8) is 0 Å². The van der Waals surface area contributed by atoms with Gasteiger partial charge in [-0.25, -0.2) is 0 Å². The van der Waals surface area contributed by atoms with Gasteiger partial charge in [-0.2, -0.15) is 11.8 Å². The van der Waals surface area contributed by atoms with E-state index in [-0.39, 0.29) is 0 Å². The number of Topliss-reactive ketones (excluding diaryl/α,β-unsaturated/α-hetero) is 1. The maximum Gasteiger partial charge on any atom is 0.145 e. The van der Waals surface area contributed by atoms with E-state index in [0.717, 1.165) is 18.6 Å². The maximum absolute atomic E-state index is 11.7. The van der Waals surface area contributed by atoms with Gasteiger partial charge in [-0.3, -0.25) is 4.79 Å². The summed E-state index contributed by atoms with van der Waals surface area (Å²) in [5.41, 5.74) is 0. The Bertz CT molecular complexity index is 162. The molecule has 0 heterocycles. The Morgan fingerprint density at radius 3 is 2.64 bits per heavy atom. The van der Waals surface area contributed by atoms with Gasteiger partial charge in [0.15, 0.2) is 0 Å². The molecule has 0 unspecified atom stereocenters. The van der Waals surface area contributed by atoms with Crippen LogP contribution in [0.2, 0.25) is 0 Å². The van der Waals surface area contributed by atoms with Gasteiger partial charge in [0.1, 0.15) is 5.78 Å². The minimum atomic E-state index is 0.425. The Morgan fingerprint density at radius 1 is 1.29 bits per heavy atom. The summed E-state index contributed by atoms with van der Waals surface area (Å²) >= 11 is 1.84. The first-order chi connectivity index (χ1) is 6.84. The predicted molar refractivity (Wildman–Crippen MR) is 63.8 cm³/mol. The molecule has 82 valence electrons. The zero-order chi connectivity index (χ0) is 10.2. The highest BCUT2D eigenvalue weighted by Gasteiger charge is 2.21. The van der Waals surface area contributed by atoms with Crippen LogP contribution in [-0.2, 0) is 4.79 Å². The molecule has 0 saturated heterocycles. The highest BCUT2D eigenvalue weighted by atomic mass is 32.2. The van der Waals surface area contributed by atoms with E-state index in [1.807, 2.05) is 11.8 Å². The lowest BCUT2D eigenvalue weighted by Crippen LogP contribution is -2.13. The molecule has 1 saturated carbocycles. The monoisotopic (exact) mass is 214 g/mol. The molecule has 0 atom stereocenters. The van der Waals surface area contributed by atoms with E-state index in [2.05, 4.69) is 6.92 Å². The number of carbonyl (C=O) groups excluding carboxylic acids is 1. The normalized spacial score (nSPS) is 17.5.